The standard InChI is InChI=1S/C17H13NO3/c19-16-17(11-3-1-2-4-13(11)18-16)9-21-15-8-14-10(5-6-20-14)7-12(15)17/h1-4,7-8H,5-6,9H2,(H,18,19)/t17-/m0/s1. The van der Waals surface area contributed by atoms with E-state index in [1.165, 1.54) is 0 Å². The number of carbonyl (C=O) groups excluding carboxylic acids is 1. The maximum atomic E-state index is 12.7. The highest BCUT2D eigenvalue weighted by Crippen LogP contribution is 2.51. The molecule has 2 aromatic rings. The molecule has 1 amide bonds. The molecule has 0 bridgehead atoms. The molecule has 104 valence electrons. The second-order valence-electron chi connectivity index (χ2n) is 5.75. The lowest BCUT2D eigenvalue weighted by atomic mass is 9.76. The van der Waals surface area contributed by atoms with Gasteiger partial charge in [-0.3, -0.25) is 4.79 Å². The molecule has 3 heterocycles. The normalized spacial score (nSPS) is 24.1. The van der Waals surface area contributed by atoms with Crippen LogP contribution in [-0.2, 0) is 16.6 Å². The fourth-order valence-corrected chi connectivity index (χ4v) is 3.65. The zero-order valence-corrected chi connectivity index (χ0v) is 11.3. The van der Waals surface area contributed by atoms with E-state index < -0.39 is 5.41 Å². The van der Waals surface area contributed by atoms with Gasteiger partial charge in [-0.1, -0.05) is 18.2 Å². The number of anilines is 1. The molecular weight excluding hydrogens is 266 g/mol. The summed E-state index contributed by atoms with van der Waals surface area (Å²) in [5.74, 6) is 1.65. The third kappa shape index (κ3) is 1.23. The molecule has 0 aromatic heterocycles. The highest BCUT2D eigenvalue weighted by molar-refractivity contribution is 6.09. The quantitative estimate of drug-likeness (QED) is 0.804. The summed E-state index contributed by atoms with van der Waals surface area (Å²) >= 11 is 0. The Labute approximate surface area is 121 Å². The van der Waals surface area contributed by atoms with Crippen LogP contribution in [0.5, 0.6) is 11.5 Å². The number of amides is 1. The summed E-state index contributed by atoms with van der Waals surface area (Å²) in [7, 11) is 0. The summed E-state index contributed by atoms with van der Waals surface area (Å²) in [6, 6.07) is 11.9. The van der Waals surface area contributed by atoms with Gasteiger partial charge in [0.05, 0.1) is 6.61 Å². The molecule has 0 aliphatic carbocycles. The summed E-state index contributed by atoms with van der Waals surface area (Å²) in [4.78, 5) is 12.7. The van der Waals surface area contributed by atoms with Crippen LogP contribution in [0, 0.1) is 0 Å². The van der Waals surface area contributed by atoms with Gasteiger partial charge in [-0.2, -0.15) is 0 Å². The Morgan fingerprint density at radius 2 is 1.95 bits per heavy atom. The minimum Gasteiger partial charge on any atom is -0.493 e. The first-order valence-corrected chi connectivity index (χ1v) is 7.13. The summed E-state index contributed by atoms with van der Waals surface area (Å²) in [5, 5.41) is 2.99. The van der Waals surface area contributed by atoms with Gasteiger partial charge >= 0.3 is 0 Å². The Hall–Kier alpha value is -2.49. The Kier molecular flexibility index (Phi) is 1.91. The van der Waals surface area contributed by atoms with Gasteiger partial charge in [0.2, 0.25) is 5.91 Å². The Bertz CT molecular complexity index is 799. The van der Waals surface area contributed by atoms with Gasteiger partial charge in [0.1, 0.15) is 23.5 Å². The smallest absolute Gasteiger partial charge is 0.243 e. The minimum absolute atomic E-state index is 0.00122. The van der Waals surface area contributed by atoms with E-state index >= 15 is 0 Å². The van der Waals surface area contributed by atoms with Crippen molar-refractivity contribution in [3.8, 4) is 11.5 Å². The van der Waals surface area contributed by atoms with Gasteiger partial charge in [0.25, 0.3) is 0 Å². The van der Waals surface area contributed by atoms with Crippen LogP contribution >= 0.6 is 0 Å². The molecule has 0 unspecified atom stereocenters. The number of benzene rings is 2. The molecule has 1 N–H and O–H groups in total. The second kappa shape index (κ2) is 3.58. The largest absolute Gasteiger partial charge is 0.493 e. The van der Waals surface area contributed by atoms with Crippen molar-refractivity contribution < 1.29 is 14.3 Å². The molecule has 1 spiro atoms. The molecule has 0 radical (unpaired) electrons. The topological polar surface area (TPSA) is 47.6 Å². The predicted octanol–water partition coefficient (Wildman–Crippen LogP) is 2.25. The number of hydrogen-bond acceptors (Lipinski definition) is 3. The van der Waals surface area contributed by atoms with Crippen LogP contribution in [0.1, 0.15) is 16.7 Å². The molecule has 3 aliphatic heterocycles. The second-order valence-corrected chi connectivity index (χ2v) is 5.75. The maximum Gasteiger partial charge on any atom is 0.243 e. The Morgan fingerprint density at radius 3 is 2.90 bits per heavy atom. The van der Waals surface area contributed by atoms with Gasteiger partial charge < -0.3 is 14.8 Å². The molecule has 0 saturated carbocycles. The average molecular weight is 279 g/mol. The SMILES string of the molecule is O=C1Nc2ccccc2[C@]12COc1cc3c(cc12)CCO3. The zero-order valence-electron chi connectivity index (χ0n) is 11.3. The summed E-state index contributed by atoms with van der Waals surface area (Å²) in [6.07, 6.45) is 0.891. The molecule has 21 heavy (non-hydrogen) atoms. The van der Waals surface area contributed by atoms with Crippen LogP contribution < -0.4 is 14.8 Å². The van der Waals surface area contributed by atoms with Crippen molar-refractivity contribution in [3.05, 3.63) is 53.1 Å². The van der Waals surface area contributed by atoms with E-state index in [0.29, 0.717) is 13.2 Å². The number of fused-ring (bicyclic) bond motifs is 5. The molecule has 0 saturated heterocycles. The third-order valence-corrected chi connectivity index (χ3v) is 4.72. The molecule has 1 atom stereocenters. The van der Waals surface area contributed by atoms with Gasteiger partial charge in [-0.15, -0.1) is 0 Å². The first kappa shape index (κ1) is 11.2. The lowest BCUT2D eigenvalue weighted by Crippen LogP contribution is -2.37. The third-order valence-electron chi connectivity index (χ3n) is 4.72. The van der Waals surface area contributed by atoms with E-state index in [-0.39, 0.29) is 5.91 Å². The van der Waals surface area contributed by atoms with Crippen LogP contribution in [0.3, 0.4) is 0 Å². The number of para-hydroxylation sites is 1. The van der Waals surface area contributed by atoms with Crippen molar-refractivity contribution in [2.45, 2.75) is 11.8 Å². The Balaban J connectivity index is 1.79. The highest BCUT2D eigenvalue weighted by atomic mass is 16.5. The van der Waals surface area contributed by atoms with Crippen molar-refractivity contribution in [3.63, 3.8) is 0 Å². The van der Waals surface area contributed by atoms with Crippen LogP contribution in [0.25, 0.3) is 0 Å². The van der Waals surface area contributed by atoms with Crippen LogP contribution in [-0.4, -0.2) is 19.1 Å². The molecular formula is C17H13NO3. The van der Waals surface area contributed by atoms with Crippen LogP contribution in [0.15, 0.2) is 36.4 Å². The molecule has 4 heteroatoms. The maximum absolute atomic E-state index is 12.7. The monoisotopic (exact) mass is 279 g/mol. The van der Waals surface area contributed by atoms with E-state index in [0.717, 1.165) is 40.3 Å². The predicted molar refractivity (Wildman–Crippen MR) is 77.0 cm³/mol. The van der Waals surface area contributed by atoms with Crippen molar-refractivity contribution in [2.24, 2.45) is 0 Å². The van der Waals surface area contributed by atoms with E-state index in [1.807, 2.05) is 30.3 Å². The molecule has 3 aliphatic rings. The first-order chi connectivity index (χ1) is 10.3. The summed E-state index contributed by atoms with van der Waals surface area (Å²) in [5.41, 5.74) is 3.32. The zero-order chi connectivity index (χ0) is 14.0. The number of nitrogens with one attached hydrogen (secondary N) is 1. The number of ether oxygens (including phenoxy) is 2. The number of hydrogen-bond donors (Lipinski definition) is 1. The first-order valence-electron chi connectivity index (χ1n) is 7.13. The van der Waals surface area contributed by atoms with E-state index in [9.17, 15) is 4.79 Å². The van der Waals surface area contributed by atoms with Gasteiger partial charge in [-0.05, 0) is 23.3 Å². The lowest BCUT2D eigenvalue weighted by molar-refractivity contribution is -0.119. The molecule has 2 aromatic carbocycles. The van der Waals surface area contributed by atoms with Gasteiger partial charge in [-0.25, -0.2) is 0 Å². The molecule has 0 fully saturated rings. The van der Waals surface area contributed by atoms with Gasteiger partial charge in [0, 0.05) is 23.7 Å². The van der Waals surface area contributed by atoms with Crippen LogP contribution in [0.4, 0.5) is 5.69 Å². The van der Waals surface area contributed by atoms with Crippen molar-refractivity contribution in [2.75, 3.05) is 18.5 Å². The summed E-state index contributed by atoms with van der Waals surface area (Å²) in [6.45, 7) is 1.06. The van der Waals surface area contributed by atoms with Crippen molar-refractivity contribution in [1.29, 1.82) is 0 Å². The minimum atomic E-state index is -0.705. The van der Waals surface area contributed by atoms with Crippen molar-refractivity contribution in [1.82, 2.24) is 0 Å². The van der Waals surface area contributed by atoms with Gasteiger partial charge in [0.15, 0.2) is 0 Å². The average Bonchev–Trinajstić information content (AvgIpc) is 3.16. The number of carbonyl (C=O) groups is 1. The lowest BCUT2D eigenvalue weighted by Gasteiger charge is -2.20. The van der Waals surface area contributed by atoms with E-state index in [4.69, 9.17) is 9.47 Å². The summed E-state index contributed by atoms with van der Waals surface area (Å²) < 4.78 is 11.4. The van der Waals surface area contributed by atoms with E-state index in [1.54, 1.807) is 0 Å². The fraction of sp³-hybridized carbons (Fsp3) is 0.235. The van der Waals surface area contributed by atoms with Crippen LogP contribution in [0.2, 0.25) is 0 Å². The number of rotatable bonds is 0. The molecule has 4 nitrogen and oxygen atoms in total. The molecule has 5 rings (SSSR count). The highest BCUT2D eigenvalue weighted by Gasteiger charge is 2.54. The van der Waals surface area contributed by atoms with Crippen molar-refractivity contribution >= 4 is 11.6 Å². The fourth-order valence-electron chi connectivity index (χ4n) is 3.65. The van der Waals surface area contributed by atoms with E-state index in [2.05, 4.69) is 11.4 Å². The Morgan fingerprint density at radius 1 is 1.05 bits per heavy atom.